The van der Waals surface area contributed by atoms with Gasteiger partial charge in [0.05, 0.1) is 6.04 Å². The SMILES string of the molecule is CC1CCC(CNC(C)c2nncn2C)CC1. The van der Waals surface area contributed by atoms with E-state index in [-0.39, 0.29) is 0 Å². The molecular weight excluding hydrogens is 212 g/mol. The normalized spacial score (nSPS) is 27.0. The number of hydrogen-bond donors (Lipinski definition) is 1. The zero-order chi connectivity index (χ0) is 12.3. The molecule has 0 spiro atoms. The molecule has 0 aliphatic heterocycles. The van der Waals surface area contributed by atoms with E-state index in [0.717, 1.165) is 24.2 Å². The molecule has 17 heavy (non-hydrogen) atoms. The molecule has 1 saturated carbocycles. The third-order valence-electron chi connectivity index (χ3n) is 3.98. The first-order valence-corrected chi connectivity index (χ1v) is 6.74. The Morgan fingerprint density at radius 3 is 2.71 bits per heavy atom. The molecule has 1 aromatic rings. The van der Waals surface area contributed by atoms with Crippen LogP contribution in [0, 0.1) is 11.8 Å². The Bertz CT molecular complexity index is 339. The molecule has 1 fully saturated rings. The third kappa shape index (κ3) is 3.28. The first-order chi connectivity index (χ1) is 8.16. The van der Waals surface area contributed by atoms with Crippen LogP contribution in [0.3, 0.4) is 0 Å². The van der Waals surface area contributed by atoms with Gasteiger partial charge in [0.2, 0.25) is 0 Å². The average Bonchev–Trinajstić information content (AvgIpc) is 2.74. The van der Waals surface area contributed by atoms with Gasteiger partial charge in [-0.3, -0.25) is 0 Å². The van der Waals surface area contributed by atoms with E-state index in [1.54, 1.807) is 6.33 Å². The van der Waals surface area contributed by atoms with Crippen molar-refractivity contribution in [2.24, 2.45) is 18.9 Å². The number of nitrogens with zero attached hydrogens (tertiary/aromatic N) is 3. The number of nitrogens with one attached hydrogen (secondary N) is 1. The fourth-order valence-electron chi connectivity index (χ4n) is 2.65. The Balaban J connectivity index is 1.77. The van der Waals surface area contributed by atoms with Gasteiger partial charge in [0.15, 0.2) is 0 Å². The van der Waals surface area contributed by atoms with Gasteiger partial charge in [-0.1, -0.05) is 19.8 Å². The predicted octanol–water partition coefficient (Wildman–Crippen LogP) is 2.29. The standard InChI is InChI=1S/C13H24N4/c1-10-4-6-12(7-5-10)8-14-11(2)13-16-15-9-17(13)3/h9-12,14H,4-8H2,1-3H3. The maximum absolute atomic E-state index is 4.14. The molecule has 1 aliphatic rings. The van der Waals surface area contributed by atoms with E-state index in [9.17, 15) is 0 Å². The van der Waals surface area contributed by atoms with Gasteiger partial charge >= 0.3 is 0 Å². The summed E-state index contributed by atoms with van der Waals surface area (Å²) < 4.78 is 1.99. The van der Waals surface area contributed by atoms with Gasteiger partial charge in [-0.25, -0.2) is 0 Å². The Kier molecular flexibility index (Phi) is 4.15. The lowest BCUT2D eigenvalue weighted by atomic mass is 9.83. The number of aromatic nitrogens is 3. The Morgan fingerprint density at radius 2 is 2.12 bits per heavy atom. The minimum absolute atomic E-state index is 0.293. The molecule has 2 rings (SSSR count). The largest absolute Gasteiger partial charge is 0.319 e. The van der Waals surface area contributed by atoms with Crippen molar-refractivity contribution in [3.8, 4) is 0 Å². The molecule has 1 aliphatic carbocycles. The predicted molar refractivity (Wildman–Crippen MR) is 68.5 cm³/mol. The van der Waals surface area contributed by atoms with E-state index in [1.165, 1.54) is 25.7 Å². The van der Waals surface area contributed by atoms with Gasteiger partial charge in [0.25, 0.3) is 0 Å². The molecular formula is C13H24N4. The maximum atomic E-state index is 4.14. The summed E-state index contributed by atoms with van der Waals surface area (Å²) in [5.41, 5.74) is 0. The summed E-state index contributed by atoms with van der Waals surface area (Å²) in [7, 11) is 2.00. The fourth-order valence-corrected chi connectivity index (χ4v) is 2.65. The molecule has 0 amide bonds. The fraction of sp³-hybridized carbons (Fsp3) is 0.846. The van der Waals surface area contributed by atoms with Crippen molar-refractivity contribution in [2.45, 2.75) is 45.6 Å². The van der Waals surface area contributed by atoms with Crippen molar-refractivity contribution < 1.29 is 0 Å². The van der Waals surface area contributed by atoms with Crippen LogP contribution in [0.2, 0.25) is 0 Å². The van der Waals surface area contributed by atoms with E-state index in [1.807, 2.05) is 11.6 Å². The van der Waals surface area contributed by atoms with Crippen LogP contribution in [0.25, 0.3) is 0 Å². The van der Waals surface area contributed by atoms with Crippen LogP contribution >= 0.6 is 0 Å². The van der Waals surface area contributed by atoms with Gasteiger partial charge in [-0.05, 0) is 38.1 Å². The Morgan fingerprint density at radius 1 is 1.41 bits per heavy atom. The summed E-state index contributed by atoms with van der Waals surface area (Å²) in [6, 6.07) is 0.293. The molecule has 0 aromatic carbocycles. The summed E-state index contributed by atoms with van der Waals surface area (Å²) in [5.74, 6) is 2.80. The highest BCUT2D eigenvalue weighted by molar-refractivity contribution is 4.92. The van der Waals surface area contributed by atoms with Gasteiger partial charge in [-0.2, -0.15) is 0 Å². The highest BCUT2D eigenvalue weighted by Gasteiger charge is 2.19. The van der Waals surface area contributed by atoms with Crippen LogP contribution in [0.4, 0.5) is 0 Å². The maximum Gasteiger partial charge on any atom is 0.149 e. The first kappa shape index (κ1) is 12.6. The molecule has 4 nitrogen and oxygen atoms in total. The summed E-state index contributed by atoms with van der Waals surface area (Å²) in [6.45, 7) is 5.64. The minimum atomic E-state index is 0.293. The molecule has 0 bridgehead atoms. The van der Waals surface area contributed by atoms with E-state index >= 15 is 0 Å². The summed E-state index contributed by atoms with van der Waals surface area (Å²) >= 11 is 0. The van der Waals surface area contributed by atoms with E-state index in [0.29, 0.717) is 6.04 Å². The molecule has 96 valence electrons. The van der Waals surface area contributed by atoms with Gasteiger partial charge in [0, 0.05) is 7.05 Å². The number of rotatable bonds is 4. The lowest BCUT2D eigenvalue weighted by molar-refractivity contribution is 0.274. The van der Waals surface area contributed by atoms with Crippen LogP contribution in [-0.4, -0.2) is 21.3 Å². The van der Waals surface area contributed by atoms with Crippen molar-refractivity contribution in [3.63, 3.8) is 0 Å². The Labute approximate surface area is 104 Å². The lowest BCUT2D eigenvalue weighted by Gasteiger charge is -2.27. The number of hydrogen-bond acceptors (Lipinski definition) is 3. The third-order valence-corrected chi connectivity index (χ3v) is 3.98. The van der Waals surface area contributed by atoms with Crippen LogP contribution in [-0.2, 0) is 7.05 Å². The second kappa shape index (κ2) is 5.63. The minimum Gasteiger partial charge on any atom is -0.319 e. The van der Waals surface area contributed by atoms with Gasteiger partial charge in [0.1, 0.15) is 12.2 Å². The van der Waals surface area contributed by atoms with Crippen molar-refractivity contribution in [3.05, 3.63) is 12.2 Å². The van der Waals surface area contributed by atoms with E-state index in [4.69, 9.17) is 0 Å². The van der Waals surface area contributed by atoms with Crippen LogP contribution in [0.5, 0.6) is 0 Å². The molecule has 1 atom stereocenters. The van der Waals surface area contributed by atoms with Crippen LogP contribution < -0.4 is 5.32 Å². The van der Waals surface area contributed by atoms with Crippen LogP contribution in [0.1, 0.15) is 51.4 Å². The van der Waals surface area contributed by atoms with Crippen molar-refractivity contribution in [1.82, 2.24) is 20.1 Å². The summed E-state index contributed by atoms with van der Waals surface area (Å²) in [6.07, 6.45) is 7.30. The molecule has 4 heteroatoms. The summed E-state index contributed by atoms with van der Waals surface area (Å²) in [4.78, 5) is 0. The van der Waals surface area contributed by atoms with Gasteiger partial charge in [-0.15, -0.1) is 10.2 Å². The zero-order valence-corrected chi connectivity index (χ0v) is 11.2. The topological polar surface area (TPSA) is 42.7 Å². The molecule has 0 radical (unpaired) electrons. The molecule has 1 heterocycles. The van der Waals surface area contributed by atoms with Crippen molar-refractivity contribution in [1.29, 1.82) is 0 Å². The second-order valence-corrected chi connectivity index (χ2v) is 5.56. The molecule has 0 saturated heterocycles. The van der Waals surface area contributed by atoms with Crippen LogP contribution in [0.15, 0.2) is 6.33 Å². The summed E-state index contributed by atoms with van der Waals surface area (Å²) in [5, 5.41) is 11.6. The molecule has 1 unspecified atom stereocenters. The van der Waals surface area contributed by atoms with Gasteiger partial charge < -0.3 is 9.88 Å². The second-order valence-electron chi connectivity index (χ2n) is 5.56. The van der Waals surface area contributed by atoms with E-state index in [2.05, 4.69) is 29.4 Å². The molecule has 1 aromatic heterocycles. The molecule has 1 N–H and O–H groups in total. The monoisotopic (exact) mass is 236 g/mol. The van der Waals surface area contributed by atoms with Crippen molar-refractivity contribution >= 4 is 0 Å². The Hall–Kier alpha value is -0.900. The first-order valence-electron chi connectivity index (χ1n) is 6.74. The highest BCUT2D eigenvalue weighted by atomic mass is 15.3. The van der Waals surface area contributed by atoms with E-state index < -0.39 is 0 Å². The average molecular weight is 236 g/mol. The highest BCUT2D eigenvalue weighted by Crippen LogP contribution is 2.28. The zero-order valence-electron chi connectivity index (χ0n) is 11.2. The smallest absolute Gasteiger partial charge is 0.149 e. The number of aryl methyl sites for hydroxylation is 1. The lowest BCUT2D eigenvalue weighted by Crippen LogP contribution is -2.29. The quantitative estimate of drug-likeness (QED) is 0.872. The van der Waals surface area contributed by atoms with Crippen molar-refractivity contribution in [2.75, 3.05) is 6.54 Å².